The fraction of sp³-hybridized carbons (Fsp3) is 0.500. The third-order valence-electron chi connectivity index (χ3n) is 1.59. The Morgan fingerprint density at radius 1 is 1.83 bits per heavy atom. The van der Waals surface area contributed by atoms with E-state index in [2.05, 4.69) is 0 Å². The van der Waals surface area contributed by atoms with Crippen molar-refractivity contribution in [2.45, 2.75) is 18.2 Å². The van der Waals surface area contributed by atoms with Gasteiger partial charge in [0.25, 0.3) is 0 Å². The highest BCUT2D eigenvalue weighted by molar-refractivity contribution is 6.35. The van der Waals surface area contributed by atoms with E-state index in [1.54, 1.807) is 6.07 Å². The summed E-state index contributed by atoms with van der Waals surface area (Å²) in [7, 11) is 0. The Bertz CT molecular complexity index is 254. The van der Waals surface area contributed by atoms with Crippen LogP contribution < -0.4 is 0 Å². The van der Waals surface area contributed by atoms with E-state index in [9.17, 15) is 4.79 Å². The summed E-state index contributed by atoms with van der Waals surface area (Å²) < 4.78 is 4.95. The highest BCUT2D eigenvalue weighted by atomic mass is 35.5. The summed E-state index contributed by atoms with van der Waals surface area (Å²) in [6.07, 6.45) is 2.87. The van der Waals surface area contributed by atoms with Gasteiger partial charge in [0.05, 0.1) is 18.9 Å². The third-order valence-corrected chi connectivity index (χ3v) is 1.89. The van der Waals surface area contributed by atoms with Crippen molar-refractivity contribution in [3.8, 4) is 6.07 Å². The van der Waals surface area contributed by atoms with Crippen LogP contribution in [-0.4, -0.2) is 17.8 Å². The molecule has 0 aromatic heterocycles. The molecule has 0 N–H and O–H groups in total. The molecule has 4 heteroatoms. The van der Waals surface area contributed by atoms with E-state index < -0.39 is 5.38 Å². The van der Waals surface area contributed by atoms with Gasteiger partial charge >= 0.3 is 0 Å². The molecular formula is C8H8ClNO2. The molecule has 1 atom stereocenters. The minimum absolute atomic E-state index is 0.334. The topological polar surface area (TPSA) is 50.1 Å². The molecule has 1 heterocycles. The summed E-state index contributed by atoms with van der Waals surface area (Å²) >= 11 is 5.44. The van der Waals surface area contributed by atoms with Gasteiger partial charge in [0.15, 0.2) is 11.2 Å². The van der Waals surface area contributed by atoms with Gasteiger partial charge in [0, 0.05) is 5.57 Å². The molecule has 64 valence electrons. The number of nitrogens with zero attached hydrogens (tertiary/aromatic N) is 1. The molecule has 0 amide bonds. The van der Waals surface area contributed by atoms with Crippen LogP contribution in [-0.2, 0) is 9.53 Å². The smallest absolute Gasteiger partial charge is 0.194 e. The minimum Gasteiger partial charge on any atom is -0.501 e. The van der Waals surface area contributed by atoms with Crippen molar-refractivity contribution < 1.29 is 9.53 Å². The van der Waals surface area contributed by atoms with Crippen LogP contribution in [0.5, 0.6) is 0 Å². The number of halogens is 1. The molecule has 12 heavy (non-hydrogen) atoms. The Hall–Kier alpha value is -1.01. The maximum atomic E-state index is 11.2. The van der Waals surface area contributed by atoms with Crippen LogP contribution in [0.3, 0.4) is 0 Å². The lowest BCUT2D eigenvalue weighted by molar-refractivity contribution is -0.114. The van der Waals surface area contributed by atoms with Gasteiger partial charge in [0.1, 0.15) is 0 Å². The molecule has 0 aromatic carbocycles. The first kappa shape index (κ1) is 9.08. The number of carbonyl (C=O) groups is 1. The maximum Gasteiger partial charge on any atom is 0.194 e. The van der Waals surface area contributed by atoms with Crippen LogP contribution >= 0.6 is 11.6 Å². The number of nitriles is 1. The first-order valence-corrected chi connectivity index (χ1v) is 4.08. The average molecular weight is 186 g/mol. The number of alkyl halides is 1. The van der Waals surface area contributed by atoms with Gasteiger partial charge in [0.2, 0.25) is 0 Å². The van der Waals surface area contributed by atoms with Crippen molar-refractivity contribution >= 4 is 17.4 Å². The predicted molar refractivity (Wildman–Crippen MR) is 43.5 cm³/mol. The second-order valence-corrected chi connectivity index (χ2v) is 2.91. The fourth-order valence-corrected chi connectivity index (χ4v) is 1.11. The zero-order valence-electron chi connectivity index (χ0n) is 6.42. The molecule has 0 aromatic rings. The van der Waals surface area contributed by atoms with Crippen molar-refractivity contribution in [3.05, 3.63) is 11.8 Å². The van der Waals surface area contributed by atoms with Crippen molar-refractivity contribution in [1.82, 2.24) is 0 Å². The molecule has 1 rings (SSSR count). The lowest BCUT2D eigenvalue weighted by atomic mass is 10.0. The Labute approximate surface area is 75.6 Å². The van der Waals surface area contributed by atoms with E-state index in [0.717, 1.165) is 6.42 Å². The molecule has 0 bridgehead atoms. The highest BCUT2D eigenvalue weighted by Gasteiger charge is 2.20. The van der Waals surface area contributed by atoms with E-state index in [0.29, 0.717) is 18.6 Å². The molecule has 0 saturated carbocycles. The number of ether oxygens (including phenoxy) is 1. The molecule has 0 fully saturated rings. The lowest BCUT2D eigenvalue weighted by Crippen LogP contribution is -2.17. The van der Waals surface area contributed by atoms with E-state index in [1.165, 1.54) is 6.26 Å². The number of rotatable bonds is 2. The van der Waals surface area contributed by atoms with E-state index in [1.807, 2.05) is 0 Å². The summed E-state index contributed by atoms with van der Waals surface area (Å²) in [6.45, 7) is 0.635. The summed E-state index contributed by atoms with van der Waals surface area (Å²) in [5.74, 6) is -0.334. The van der Waals surface area contributed by atoms with E-state index in [4.69, 9.17) is 21.6 Å². The molecule has 0 aliphatic carbocycles. The number of allylic oxidation sites excluding steroid dienone is 1. The van der Waals surface area contributed by atoms with Crippen LogP contribution in [0.1, 0.15) is 12.8 Å². The first-order valence-electron chi connectivity index (χ1n) is 3.64. The Balaban J connectivity index is 2.64. The normalized spacial score (nSPS) is 18.5. The quantitative estimate of drug-likeness (QED) is 0.611. The fourth-order valence-electron chi connectivity index (χ4n) is 0.967. The van der Waals surface area contributed by atoms with E-state index >= 15 is 0 Å². The summed E-state index contributed by atoms with van der Waals surface area (Å²) in [4.78, 5) is 11.2. The number of hydrogen-bond acceptors (Lipinski definition) is 3. The van der Waals surface area contributed by atoms with Gasteiger partial charge in [-0.05, 0) is 12.8 Å². The minimum atomic E-state index is -1.07. The molecule has 1 aliphatic heterocycles. The van der Waals surface area contributed by atoms with Crippen LogP contribution in [0.25, 0.3) is 0 Å². The maximum absolute atomic E-state index is 11.2. The van der Waals surface area contributed by atoms with Gasteiger partial charge in [-0.2, -0.15) is 5.26 Å². The van der Waals surface area contributed by atoms with Crippen molar-refractivity contribution in [3.63, 3.8) is 0 Å². The van der Waals surface area contributed by atoms with Crippen molar-refractivity contribution in [2.75, 3.05) is 6.61 Å². The molecule has 3 nitrogen and oxygen atoms in total. The van der Waals surface area contributed by atoms with Crippen LogP contribution in [0.2, 0.25) is 0 Å². The summed E-state index contributed by atoms with van der Waals surface area (Å²) in [5.41, 5.74) is 0.516. The Morgan fingerprint density at radius 3 is 3.08 bits per heavy atom. The SMILES string of the molecule is N#CC(Cl)C(=O)C1=COCCC1. The number of carbonyl (C=O) groups excluding carboxylic acids is 1. The largest absolute Gasteiger partial charge is 0.501 e. The standard InChI is InChI=1S/C8H8ClNO2/c9-7(4-10)8(11)6-2-1-3-12-5-6/h5,7H,1-3H2. The zero-order chi connectivity index (χ0) is 8.97. The van der Waals surface area contributed by atoms with Gasteiger partial charge in [-0.15, -0.1) is 0 Å². The second-order valence-electron chi connectivity index (χ2n) is 2.47. The lowest BCUT2D eigenvalue weighted by Gasteiger charge is -2.12. The van der Waals surface area contributed by atoms with Crippen LogP contribution in [0, 0.1) is 11.3 Å². The Kier molecular flexibility index (Phi) is 3.12. The number of ketones is 1. The number of Topliss-reactive ketones (excluding diaryl/α,β-unsaturated/α-hetero) is 1. The molecule has 0 radical (unpaired) electrons. The first-order chi connectivity index (χ1) is 5.75. The zero-order valence-corrected chi connectivity index (χ0v) is 7.17. The highest BCUT2D eigenvalue weighted by Crippen LogP contribution is 2.15. The van der Waals surface area contributed by atoms with Gasteiger partial charge in [-0.25, -0.2) is 0 Å². The van der Waals surface area contributed by atoms with Gasteiger partial charge in [-0.1, -0.05) is 11.6 Å². The molecule has 1 unspecified atom stereocenters. The molecular weight excluding hydrogens is 178 g/mol. The van der Waals surface area contributed by atoms with Crippen molar-refractivity contribution in [1.29, 1.82) is 5.26 Å². The van der Waals surface area contributed by atoms with Crippen LogP contribution in [0.15, 0.2) is 11.8 Å². The third kappa shape index (κ3) is 1.99. The monoisotopic (exact) mass is 185 g/mol. The summed E-state index contributed by atoms with van der Waals surface area (Å²) in [6, 6.07) is 1.68. The molecule has 0 saturated heterocycles. The summed E-state index contributed by atoms with van der Waals surface area (Å²) in [5, 5.41) is 7.29. The second kappa shape index (κ2) is 4.13. The van der Waals surface area contributed by atoms with E-state index in [-0.39, 0.29) is 5.78 Å². The van der Waals surface area contributed by atoms with Crippen molar-refractivity contribution in [2.24, 2.45) is 0 Å². The molecule has 0 spiro atoms. The number of hydrogen-bond donors (Lipinski definition) is 0. The molecule has 1 aliphatic rings. The van der Waals surface area contributed by atoms with Gasteiger partial charge < -0.3 is 4.74 Å². The van der Waals surface area contributed by atoms with Crippen LogP contribution in [0.4, 0.5) is 0 Å². The predicted octanol–water partition coefficient (Wildman–Crippen LogP) is 1.38. The van der Waals surface area contributed by atoms with Gasteiger partial charge in [-0.3, -0.25) is 4.79 Å². The average Bonchev–Trinajstić information content (AvgIpc) is 2.17. The Morgan fingerprint density at radius 2 is 2.58 bits per heavy atom.